The van der Waals surface area contributed by atoms with Gasteiger partial charge in [-0.15, -0.1) is 11.6 Å². The SMILES string of the molecule is ClCCNCCCOc1cccc2cccnc12. The Morgan fingerprint density at radius 1 is 1.17 bits per heavy atom. The topological polar surface area (TPSA) is 34.1 Å². The van der Waals surface area contributed by atoms with Gasteiger partial charge in [-0.25, -0.2) is 0 Å². The van der Waals surface area contributed by atoms with Gasteiger partial charge in [0, 0.05) is 24.0 Å². The van der Waals surface area contributed by atoms with Crippen LogP contribution in [-0.4, -0.2) is 30.6 Å². The number of ether oxygens (including phenoxy) is 1. The first-order valence-electron chi connectivity index (χ1n) is 6.15. The van der Waals surface area contributed by atoms with E-state index >= 15 is 0 Å². The molecule has 0 aliphatic heterocycles. The van der Waals surface area contributed by atoms with Crippen LogP contribution in [0.4, 0.5) is 0 Å². The quantitative estimate of drug-likeness (QED) is 0.617. The molecule has 1 heterocycles. The van der Waals surface area contributed by atoms with Crippen LogP contribution < -0.4 is 10.1 Å². The van der Waals surface area contributed by atoms with Gasteiger partial charge in [-0.05, 0) is 25.1 Å². The summed E-state index contributed by atoms with van der Waals surface area (Å²) >= 11 is 5.57. The Morgan fingerprint density at radius 3 is 2.94 bits per heavy atom. The van der Waals surface area contributed by atoms with E-state index in [2.05, 4.69) is 10.3 Å². The van der Waals surface area contributed by atoms with Crippen molar-refractivity contribution in [2.24, 2.45) is 0 Å². The van der Waals surface area contributed by atoms with Crippen LogP contribution in [0.2, 0.25) is 0 Å². The number of halogens is 1. The minimum atomic E-state index is 0.647. The fourth-order valence-corrected chi connectivity index (χ4v) is 1.90. The summed E-state index contributed by atoms with van der Waals surface area (Å²) in [4.78, 5) is 4.35. The van der Waals surface area contributed by atoms with E-state index in [9.17, 15) is 0 Å². The van der Waals surface area contributed by atoms with Crippen molar-refractivity contribution in [3.05, 3.63) is 36.5 Å². The van der Waals surface area contributed by atoms with Crippen molar-refractivity contribution in [3.8, 4) is 5.75 Å². The number of benzene rings is 1. The monoisotopic (exact) mass is 264 g/mol. The molecular weight excluding hydrogens is 248 g/mol. The van der Waals surface area contributed by atoms with Crippen molar-refractivity contribution in [2.45, 2.75) is 6.42 Å². The van der Waals surface area contributed by atoms with Gasteiger partial charge in [0.1, 0.15) is 11.3 Å². The third-order valence-electron chi connectivity index (χ3n) is 2.62. The summed E-state index contributed by atoms with van der Waals surface area (Å²) in [7, 11) is 0. The van der Waals surface area contributed by atoms with Gasteiger partial charge in [-0.2, -0.15) is 0 Å². The molecule has 18 heavy (non-hydrogen) atoms. The Bertz CT molecular complexity index is 485. The summed E-state index contributed by atoms with van der Waals surface area (Å²) in [6.45, 7) is 2.45. The maximum Gasteiger partial charge on any atom is 0.145 e. The number of hydrogen-bond acceptors (Lipinski definition) is 3. The van der Waals surface area contributed by atoms with Gasteiger partial charge in [0.15, 0.2) is 0 Å². The van der Waals surface area contributed by atoms with Gasteiger partial charge in [0.25, 0.3) is 0 Å². The molecular formula is C14H17ClN2O. The fourth-order valence-electron chi connectivity index (χ4n) is 1.76. The van der Waals surface area contributed by atoms with Crippen LogP contribution in [0.1, 0.15) is 6.42 Å². The van der Waals surface area contributed by atoms with Crippen molar-refractivity contribution < 1.29 is 4.74 Å². The predicted octanol–water partition coefficient (Wildman–Crippen LogP) is 2.83. The Balaban J connectivity index is 1.88. The standard InChI is InChI=1S/C14H17ClN2O/c15-7-10-16-8-3-11-18-13-6-1-4-12-5-2-9-17-14(12)13/h1-2,4-6,9,16H,3,7-8,10-11H2. The Morgan fingerprint density at radius 2 is 2.06 bits per heavy atom. The fraction of sp³-hybridized carbons (Fsp3) is 0.357. The molecule has 0 amide bonds. The number of alkyl halides is 1. The normalized spacial score (nSPS) is 10.7. The third kappa shape index (κ3) is 3.59. The number of para-hydroxylation sites is 1. The van der Waals surface area contributed by atoms with E-state index in [0.29, 0.717) is 12.5 Å². The number of fused-ring (bicyclic) bond motifs is 1. The van der Waals surface area contributed by atoms with Crippen molar-refractivity contribution in [2.75, 3.05) is 25.6 Å². The van der Waals surface area contributed by atoms with Crippen LogP contribution in [0, 0.1) is 0 Å². The van der Waals surface area contributed by atoms with Crippen LogP contribution in [0.3, 0.4) is 0 Å². The lowest BCUT2D eigenvalue weighted by Crippen LogP contribution is -2.19. The van der Waals surface area contributed by atoms with E-state index in [1.807, 2.05) is 30.3 Å². The second kappa shape index (κ2) is 7.19. The molecule has 0 saturated carbocycles. The van der Waals surface area contributed by atoms with Gasteiger partial charge < -0.3 is 10.1 Å². The molecule has 1 aromatic heterocycles. The first-order valence-corrected chi connectivity index (χ1v) is 6.68. The highest BCUT2D eigenvalue weighted by atomic mass is 35.5. The molecule has 0 saturated heterocycles. The number of nitrogens with one attached hydrogen (secondary N) is 1. The van der Waals surface area contributed by atoms with E-state index in [1.165, 1.54) is 0 Å². The van der Waals surface area contributed by atoms with E-state index in [0.717, 1.165) is 36.2 Å². The van der Waals surface area contributed by atoms with Gasteiger partial charge in [-0.3, -0.25) is 4.98 Å². The van der Waals surface area contributed by atoms with Gasteiger partial charge >= 0.3 is 0 Å². The van der Waals surface area contributed by atoms with Crippen molar-refractivity contribution in [1.82, 2.24) is 10.3 Å². The molecule has 2 rings (SSSR count). The average Bonchev–Trinajstić information content (AvgIpc) is 2.43. The predicted molar refractivity (Wildman–Crippen MR) is 75.4 cm³/mol. The number of rotatable bonds is 7. The lowest BCUT2D eigenvalue weighted by atomic mass is 10.2. The molecule has 96 valence electrons. The van der Waals surface area contributed by atoms with Gasteiger partial charge in [0.05, 0.1) is 6.61 Å². The molecule has 0 aliphatic carbocycles. The summed E-state index contributed by atoms with van der Waals surface area (Å²) in [5.74, 6) is 1.50. The van der Waals surface area contributed by atoms with Crippen molar-refractivity contribution in [3.63, 3.8) is 0 Å². The molecule has 2 aromatic rings. The van der Waals surface area contributed by atoms with E-state index in [4.69, 9.17) is 16.3 Å². The van der Waals surface area contributed by atoms with Crippen LogP contribution >= 0.6 is 11.6 Å². The maximum absolute atomic E-state index is 5.76. The van der Waals surface area contributed by atoms with E-state index in [-0.39, 0.29) is 0 Å². The van der Waals surface area contributed by atoms with Gasteiger partial charge in [0.2, 0.25) is 0 Å². The molecule has 0 atom stereocenters. The smallest absolute Gasteiger partial charge is 0.145 e. The molecule has 0 fully saturated rings. The molecule has 1 N–H and O–H groups in total. The van der Waals surface area contributed by atoms with Crippen LogP contribution in [0.25, 0.3) is 10.9 Å². The second-order valence-electron chi connectivity index (χ2n) is 3.97. The summed E-state index contributed by atoms with van der Waals surface area (Å²) in [6.07, 6.45) is 2.75. The molecule has 1 aromatic carbocycles. The number of aromatic nitrogens is 1. The van der Waals surface area contributed by atoms with E-state index in [1.54, 1.807) is 6.20 Å². The Labute approximate surface area is 112 Å². The zero-order valence-corrected chi connectivity index (χ0v) is 11.0. The Hall–Kier alpha value is -1.32. The second-order valence-corrected chi connectivity index (χ2v) is 4.35. The average molecular weight is 265 g/mol. The first-order chi connectivity index (χ1) is 8.92. The van der Waals surface area contributed by atoms with Crippen LogP contribution in [0.5, 0.6) is 5.75 Å². The largest absolute Gasteiger partial charge is 0.491 e. The molecule has 0 radical (unpaired) electrons. The molecule has 0 unspecified atom stereocenters. The van der Waals surface area contributed by atoms with Crippen molar-refractivity contribution >= 4 is 22.5 Å². The molecule has 0 spiro atoms. The molecule has 0 bridgehead atoms. The number of pyridine rings is 1. The van der Waals surface area contributed by atoms with Crippen LogP contribution in [0.15, 0.2) is 36.5 Å². The summed E-state index contributed by atoms with van der Waals surface area (Å²) in [6, 6.07) is 9.96. The van der Waals surface area contributed by atoms with Crippen LogP contribution in [-0.2, 0) is 0 Å². The van der Waals surface area contributed by atoms with Crippen molar-refractivity contribution in [1.29, 1.82) is 0 Å². The highest BCUT2D eigenvalue weighted by Crippen LogP contribution is 2.22. The zero-order valence-electron chi connectivity index (χ0n) is 10.2. The number of nitrogens with zero attached hydrogens (tertiary/aromatic N) is 1. The molecule has 4 heteroatoms. The summed E-state index contributed by atoms with van der Waals surface area (Å²) < 4.78 is 5.76. The molecule has 0 aliphatic rings. The summed E-state index contributed by atoms with van der Waals surface area (Å²) in [5.41, 5.74) is 0.925. The lowest BCUT2D eigenvalue weighted by molar-refractivity contribution is 0.311. The lowest BCUT2D eigenvalue weighted by Gasteiger charge is -2.08. The number of hydrogen-bond donors (Lipinski definition) is 1. The van der Waals surface area contributed by atoms with Gasteiger partial charge in [-0.1, -0.05) is 18.2 Å². The minimum Gasteiger partial charge on any atom is -0.491 e. The Kier molecular flexibility index (Phi) is 5.24. The summed E-state index contributed by atoms with van der Waals surface area (Å²) in [5, 5.41) is 4.34. The maximum atomic E-state index is 5.76. The molecule has 3 nitrogen and oxygen atoms in total. The minimum absolute atomic E-state index is 0.647. The third-order valence-corrected chi connectivity index (χ3v) is 2.81. The highest BCUT2D eigenvalue weighted by molar-refractivity contribution is 6.18. The highest BCUT2D eigenvalue weighted by Gasteiger charge is 2.01. The first kappa shape index (κ1) is 13.1. The van der Waals surface area contributed by atoms with E-state index < -0.39 is 0 Å². The zero-order chi connectivity index (χ0) is 12.6.